The summed E-state index contributed by atoms with van der Waals surface area (Å²) in [5.41, 5.74) is 4.30. The predicted molar refractivity (Wildman–Crippen MR) is 185 cm³/mol. The molecule has 2 rings (SSSR count). The van der Waals surface area contributed by atoms with E-state index in [0.29, 0.717) is 24.2 Å². The highest BCUT2D eigenvalue weighted by Gasteiger charge is 2.22. The third-order valence-corrected chi connectivity index (χ3v) is 8.64. The first-order chi connectivity index (χ1) is 21.5. The average Bonchev–Trinajstić information content (AvgIpc) is 3.02. The van der Waals surface area contributed by atoms with Crippen molar-refractivity contribution in [2.24, 2.45) is 0 Å². The molecular formula is C38H62N4O2. The van der Waals surface area contributed by atoms with E-state index in [-0.39, 0.29) is 11.8 Å². The summed E-state index contributed by atoms with van der Waals surface area (Å²) in [5.74, 6) is -0.278. The van der Waals surface area contributed by atoms with Crippen LogP contribution in [0.15, 0.2) is 24.8 Å². The van der Waals surface area contributed by atoms with Gasteiger partial charge in [-0.05, 0) is 37.8 Å². The van der Waals surface area contributed by atoms with Crippen molar-refractivity contribution in [2.45, 2.75) is 156 Å². The van der Waals surface area contributed by atoms with Gasteiger partial charge in [0, 0.05) is 49.0 Å². The largest absolute Gasteiger partial charge is 0.352 e. The van der Waals surface area contributed by atoms with Crippen LogP contribution < -0.4 is 10.6 Å². The third-order valence-electron chi connectivity index (χ3n) is 8.64. The van der Waals surface area contributed by atoms with E-state index in [1.165, 1.54) is 103 Å². The van der Waals surface area contributed by atoms with Gasteiger partial charge in [0.15, 0.2) is 0 Å². The Hall–Kier alpha value is -2.76. The fourth-order valence-electron chi connectivity index (χ4n) is 5.96. The molecule has 0 aliphatic heterocycles. The van der Waals surface area contributed by atoms with Crippen LogP contribution in [0.5, 0.6) is 0 Å². The molecule has 0 radical (unpaired) electrons. The fraction of sp³-hybridized carbons (Fsp3) is 0.684. The van der Waals surface area contributed by atoms with Gasteiger partial charge in [0.25, 0.3) is 11.8 Å². The van der Waals surface area contributed by atoms with E-state index in [9.17, 15) is 9.59 Å². The van der Waals surface area contributed by atoms with Crippen molar-refractivity contribution in [2.75, 3.05) is 13.1 Å². The highest BCUT2D eigenvalue weighted by molar-refractivity contribution is 6.07. The second-order valence-electron chi connectivity index (χ2n) is 12.6. The number of aryl methyl sites for hydroxylation is 2. The van der Waals surface area contributed by atoms with Crippen molar-refractivity contribution in [3.8, 4) is 11.1 Å². The first-order valence-electron chi connectivity index (χ1n) is 18.0. The molecule has 0 aliphatic carbocycles. The van der Waals surface area contributed by atoms with E-state index in [0.717, 1.165) is 47.9 Å². The smallest absolute Gasteiger partial charge is 0.253 e. The minimum Gasteiger partial charge on any atom is -0.352 e. The number of carbonyl (C=O) groups excluding carboxylic acids is 2. The van der Waals surface area contributed by atoms with E-state index < -0.39 is 0 Å². The summed E-state index contributed by atoms with van der Waals surface area (Å²) in [6.45, 7) is 9.70. The lowest BCUT2D eigenvalue weighted by Crippen LogP contribution is -2.27. The summed E-state index contributed by atoms with van der Waals surface area (Å²) >= 11 is 0. The number of amides is 2. The Morgan fingerprint density at radius 3 is 1.09 bits per heavy atom. The lowest BCUT2D eigenvalue weighted by molar-refractivity contribution is 0.0943. The van der Waals surface area contributed by atoms with Crippen LogP contribution in [0.4, 0.5) is 0 Å². The maximum absolute atomic E-state index is 13.4. The molecule has 2 N–H and O–H groups in total. The van der Waals surface area contributed by atoms with Gasteiger partial charge in [-0.1, -0.05) is 129 Å². The molecule has 2 amide bonds. The molecule has 6 heteroatoms. The molecule has 0 aliphatic rings. The Morgan fingerprint density at radius 2 is 0.773 bits per heavy atom. The molecule has 246 valence electrons. The Bertz CT molecular complexity index is 999. The summed E-state index contributed by atoms with van der Waals surface area (Å²) in [6, 6.07) is 0. The van der Waals surface area contributed by atoms with E-state index in [2.05, 4.69) is 34.4 Å². The molecule has 0 saturated carbocycles. The van der Waals surface area contributed by atoms with Crippen molar-refractivity contribution in [3.63, 3.8) is 0 Å². The SMILES string of the molecule is CCCCCCCCCCCCNC(=O)c1cncc(C)c1-c1c(C)cncc1C(=O)NCCCCCCCCCCCC. The van der Waals surface area contributed by atoms with Gasteiger partial charge < -0.3 is 10.6 Å². The fourth-order valence-corrected chi connectivity index (χ4v) is 5.96. The van der Waals surface area contributed by atoms with Crippen LogP contribution >= 0.6 is 0 Å². The number of hydrogen-bond donors (Lipinski definition) is 2. The van der Waals surface area contributed by atoms with Gasteiger partial charge in [-0.3, -0.25) is 19.6 Å². The quantitative estimate of drug-likeness (QED) is 0.110. The topological polar surface area (TPSA) is 84.0 Å². The normalized spacial score (nSPS) is 11.1. The van der Waals surface area contributed by atoms with Gasteiger partial charge in [-0.2, -0.15) is 0 Å². The van der Waals surface area contributed by atoms with Crippen molar-refractivity contribution in [1.29, 1.82) is 0 Å². The summed E-state index contributed by atoms with van der Waals surface area (Å²) < 4.78 is 0. The van der Waals surface area contributed by atoms with Crippen LogP contribution in [-0.2, 0) is 0 Å². The highest BCUT2D eigenvalue weighted by Crippen LogP contribution is 2.32. The number of unbranched alkanes of at least 4 members (excludes halogenated alkanes) is 18. The summed E-state index contributed by atoms with van der Waals surface area (Å²) in [4.78, 5) is 35.4. The van der Waals surface area contributed by atoms with Gasteiger partial charge in [-0.15, -0.1) is 0 Å². The molecule has 2 aromatic heterocycles. The first kappa shape index (κ1) is 37.4. The molecule has 0 atom stereocenters. The number of nitrogens with zero attached hydrogens (tertiary/aromatic N) is 2. The average molecular weight is 607 g/mol. The van der Waals surface area contributed by atoms with Crippen LogP contribution in [-0.4, -0.2) is 34.9 Å². The van der Waals surface area contributed by atoms with E-state index in [4.69, 9.17) is 0 Å². The van der Waals surface area contributed by atoms with Crippen LogP contribution in [0.1, 0.15) is 174 Å². The standard InChI is InChI=1S/C38H62N4O2/c1-5-7-9-11-13-15-17-19-21-23-25-41-37(43)33-29-39-27-31(3)35(33)36-32(4)28-40-30-34(36)38(44)42-26-24-22-20-18-16-14-12-10-8-6-2/h27-30H,5-26H2,1-4H3,(H,41,43)(H,42,44). The zero-order valence-electron chi connectivity index (χ0n) is 28.6. The number of hydrogen-bond acceptors (Lipinski definition) is 4. The number of pyridine rings is 2. The molecule has 44 heavy (non-hydrogen) atoms. The molecular weight excluding hydrogens is 544 g/mol. The summed E-state index contributed by atoms with van der Waals surface area (Å²) in [5, 5.41) is 6.22. The molecule has 2 heterocycles. The Morgan fingerprint density at radius 1 is 0.477 bits per heavy atom. The van der Waals surface area contributed by atoms with Gasteiger partial charge in [-0.25, -0.2) is 0 Å². The molecule has 0 saturated heterocycles. The molecule has 0 fully saturated rings. The van der Waals surface area contributed by atoms with E-state index in [1.807, 2.05) is 13.8 Å². The third kappa shape index (κ3) is 14.3. The molecule has 0 spiro atoms. The van der Waals surface area contributed by atoms with Gasteiger partial charge in [0.1, 0.15) is 0 Å². The highest BCUT2D eigenvalue weighted by atomic mass is 16.2. The Labute approximate surface area is 269 Å². The van der Waals surface area contributed by atoms with E-state index >= 15 is 0 Å². The van der Waals surface area contributed by atoms with Crippen LogP contribution in [0.2, 0.25) is 0 Å². The first-order valence-corrected chi connectivity index (χ1v) is 18.0. The van der Waals surface area contributed by atoms with Gasteiger partial charge in [0.05, 0.1) is 11.1 Å². The lowest BCUT2D eigenvalue weighted by atomic mass is 9.91. The maximum Gasteiger partial charge on any atom is 0.253 e. The van der Waals surface area contributed by atoms with Crippen molar-refractivity contribution < 1.29 is 9.59 Å². The number of carbonyl (C=O) groups is 2. The van der Waals surface area contributed by atoms with Crippen LogP contribution in [0.3, 0.4) is 0 Å². The van der Waals surface area contributed by atoms with E-state index in [1.54, 1.807) is 24.8 Å². The van der Waals surface area contributed by atoms with Crippen LogP contribution in [0.25, 0.3) is 11.1 Å². The molecule has 0 aromatic carbocycles. The minimum absolute atomic E-state index is 0.139. The zero-order valence-corrected chi connectivity index (χ0v) is 28.6. The second-order valence-corrected chi connectivity index (χ2v) is 12.6. The Balaban J connectivity index is 1.87. The van der Waals surface area contributed by atoms with Gasteiger partial charge >= 0.3 is 0 Å². The van der Waals surface area contributed by atoms with Crippen molar-refractivity contribution >= 4 is 11.8 Å². The monoisotopic (exact) mass is 606 g/mol. The van der Waals surface area contributed by atoms with Crippen molar-refractivity contribution in [3.05, 3.63) is 47.0 Å². The molecule has 0 bridgehead atoms. The minimum atomic E-state index is -0.139. The summed E-state index contributed by atoms with van der Waals surface area (Å²) in [7, 11) is 0. The predicted octanol–water partition coefficient (Wildman–Crippen LogP) is 10.1. The number of aromatic nitrogens is 2. The molecule has 0 unspecified atom stereocenters. The number of rotatable bonds is 25. The van der Waals surface area contributed by atoms with Gasteiger partial charge in [0.2, 0.25) is 0 Å². The molecule has 2 aromatic rings. The second kappa shape index (κ2) is 23.6. The molecule has 6 nitrogen and oxygen atoms in total. The maximum atomic E-state index is 13.4. The van der Waals surface area contributed by atoms with Crippen molar-refractivity contribution in [1.82, 2.24) is 20.6 Å². The summed E-state index contributed by atoms with van der Waals surface area (Å²) in [6.07, 6.45) is 32.0. The zero-order chi connectivity index (χ0) is 31.8. The number of nitrogens with one attached hydrogen (secondary N) is 2. The van der Waals surface area contributed by atoms with Crippen LogP contribution in [0, 0.1) is 13.8 Å². The lowest BCUT2D eigenvalue weighted by Gasteiger charge is -2.18. The Kier molecular flexibility index (Phi) is 20.1.